The molecule has 42 heavy (non-hydrogen) atoms. The third-order valence-corrected chi connectivity index (χ3v) is 8.01. The van der Waals surface area contributed by atoms with Crippen molar-refractivity contribution in [2.75, 3.05) is 38.6 Å². The van der Waals surface area contributed by atoms with Crippen LogP contribution in [0.15, 0.2) is 47.4 Å². The van der Waals surface area contributed by atoms with Crippen molar-refractivity contribution in [3.63, 3.8) is 0 Å². The van der Waals surface area contributed by atoms with E-state index in [1.54, 1.807) is 36.4 Å². The Balaban J connectivity index is 1.20. The number of H-pyrrole nitrogens is 2. The summed E-state index contributed by atoms with van der Waals surface area (Å²) in [6.07, 6.45) is 2.03. The SMILES string of the molecule is CN1CCC(N2C(=O)c3cc4nc(-c5c(NCC(O)COc6cc(Cl)cc(Cl)c6)cc[nH]c5=O)[nH]c4cc3C2=O)CC1. The Kier molecular flexibility index (Phi) is 7.67. The predicted octanol–water partition coefficient (Wildman–Crippen LogP) is 3.77. The molecule has 0 spiro atoms. The van der Waals surface area contributed by atoms with Crippen molar-refractivity contribution >= 4 is 51.7 Å². The second-order valence-electron chi connectivity index (χ2n) is 10.6. The first-order valence-electron chi connectivity index (χ1n) is 13.5. The van der Waals surface area contributed by atoms with Gasteiger partial charge in [-0.25, -0.2) is 4.98 Å². The quantitative estimate of drug-likeness (QED) is 0.221. The highest BCUT2D eigenvalue weighted by molar-refractivity contribution is 6.34. The lowest BCUT2D eigenvalue weighted by molar-refractivity contribution is 0.0516. The summed E-state index contributed by atoms with van der Waals surface area (Å²) in [6, 6.07) is 9.52. The fraction of sp³-hybridized carbons (Fsp3) is 0.310. The molecular formula is C29H28Cl2N6O5. The standard InChI is InChI=1S/C29H28Cl2N6O5/c1-36-6-3-17(4-7-36)37-28(40)20-11-23-24(12-21(20)29(37)41)35-26(34-23)25-22(2-5-32-27(25)39)33-13-18(38)14-42-19-9-15(30)8-16(31)10-19/h2,5,8-12,17-18,38H,3-4,6-7,13-14H2,1H3,(H,34,35)(H2,32,33,39). The molecular weight excluding hydrogens is 583 g/mol. The number of amides is 2. The van der Waals surface area contributed by atoms with Gasteiger partial charge in [0.2, 0.25) is 0 Å². The molecule has 6 rings (SSSR count). The molecule has 1 fully saturated rings. The minimum atomic E-state index is -0.932. The molecule has 2 aromatic heterocycles. The van der Waals surface area contributed by atoms with Crippen molar-refractivity contribution in [3.05, 3.63) is 74.1 Å². The van der Waals surface area contributed by atoms with Gasteiger partial charge in [0, 0.05) is 28.8 Å². The number of piperidine rings is 1. The number of pyridine rings is 1. The van der Waals surface area contributed by atoms with Crippen LogP contribution in [0.2, 0.25) is 10.0 Å². The lowest BCUT2D eigenvalue weighted by Gasteiger charge is -2.33. The Morgan fingerprint density at radius 2 is 1.76 bits per heavy atom. The number of carbonyl (C=O) groups excluding carboxylic acids is 2. The highest BCUT2D eigenvalue weighted by atomic mass is 35.5. The maximum absolute atomic E-state index is 13.3. The minimum absolute atomic E-state index is 0.0466. The van der Waals surface area contributed by atoms with Gasteiger partial charge in [0.25, 0.3) is 17.4 Å². The summed E-state index contributed by atoms with van der Waals surface area (Å²) < 4.78 is 5.60. The van der Waals surface area contributed by atoms with Crippen molar-refractivity contribution in [2.24, 2.45) is 0 Å². The first kappa shape index (κ1) is 28.2. The molecule has 0 saturated carbocycles. The van der Waals surface area contributed by atoms with Gasteiger partial charge in [0.15, 0.2) is 0 Å². The Labute approximate surface area is 250 Å². The fourth-order valence-corrected chi connectivity index (χ4v) is 5.92. The highest BCUT2D eigenvalue weighted by Crippen LogP contribution is 2.33. The van der Waals surface area contributed by atoms with Gasteiger partial charge in [0.1, 0.15) is 29.8 Å². The topological polar surface area (TPSA) is 144 Å². The molecule has 0 radical (unpaired) electrons. The largest absolute Gasteiger partial charge is 0.491 e. The summed E-state index contributed by atoms with van der Waals surface area (Å²) in [5, 5.41) is 14.4. The Hall–Kier alpha value is -3.90. The number of benzene rings is 2. The third-order valence-electron chi connectivity index (χ3n) is 7.58. The average Bonchev–Trinajstić information content (AvgIpc) is 3.47. The van der Waals surface area contributed by atoms with Crippen molar-refractivity contribution in [2.45, 2.75) is 25.0 Å². The summed E-state index contributed by atoms with van der Waals surface area (Å²) in [5.74, 6) is 0.0549. The number of anilines is 1. The first-order valence-corrected chi connectivity index (χ1v) is 14.3. The molecule has 2 aromatic carbocycles. The molecule has 2 amide bonds. The number of imide groups is 1. The lowest BCUT2D eigenvalue weighted by Crippen LogP contribution is -2.46. The maximum atomic E-state index is 13.3. The first-order chi connectivity index (χ1) is 20.2. The average molecular weight is 611 g/mol. The summed E-state index contributed by atoms with van der Waals surface area (Å²) in [5.41, 5.74) is 1.85. The number of ether oxygens (including phenoxy) is 1. The molecule has 11 nitrogen and oxygen atoms in total. The van der Waals surface area contributed by atoms with Crippen molar-refractivity contribution in [3.8, 4) is 17.1 Å². The molecule has 1 unspecified atom stereocenters. The van der Waals surface area contributed by atoms with E-state index in [1.165, 1.54) is 11.1 Å². The number of imidazole rings is 1. The van der Waals surface area contributed by atoms with Crippen LogP contribution in [0.3, 0.4) is 0 Å². The number of carbonyl (C=O) groups is 2. The number of nitrogens with zero attached hydrogens (tertiary/aromatic N) is 3. The molecule has 13 heteroatoms. The van der Waals surface area contributed by atoms with Crippen LogP contribution in [-0.2, 0) is 0 Å². The van der Waals surface area contributed by atoms with E-state index < -0.39 is 11.7 Å². The van der Waals surface area contributed by atoms with Crippen LogP contribution in [-0.4, -0.2) is 87.1 Å². The predicted molar refractivity (Wildman–Crippen MR) is 160 cm³/mol. The Bertz CT molecular complexity index is 1670. The number of rotatable bonds is 8. The molecule has 4 heterocycles. The minimum Gasteiger partial charge on any atom is -0.491 e. The number of likely N-dealkylation sites (tertiary alicyclic amines) is 1. The maximum Gasteiger partial charge on any atom is 0.261 e. The number of hydrogen-bond donors (Lipinski definition) is 4. The zero-order chi connectivity index (χ0) is 29.5. The lowest BCUT2D eigenvalue weighted by atomic mass is 10.0. The second kappa shape index (κ2) is 11.4. The molecule has 1 saturated heterocycles. The van der Waals surface area contributed by atoms with Crippen LogP contribution in [0.5, 0.6) is 5.75 Å². The third kappa shape index (κ3) is 5.48. The molecule has 4 aromatic rings. The number of aliphatic hydroxyl groups is 1. The van der Waals surface area contributed by atoms with Crippen molar-refractivity contribution in [1.82, 2.24) is 24.8 Å². The number of aromatic nitrogens is 3. The Morgan fingerprint density at radius 3 is 2.48 bits per heavy atom. The summed E-state index contributed by atoms with van der Waals surface area (Å²) in [6.45, 7) is 1.67. The van der Waals surface area contributed by atoms with Crippen LogP contribution >= 0.6 is 23.2 Å². The van der Waals surface area contributed by atoms with E-state index in [1.807, 2.05) is 7.05 Å². The van der Waals surface area contributed by atoms with Crippen LogP contribution in [0, 0.1) is 0 Å². The van der Waals surface area contributed by atoms with Gasteiger partial charge >= 0.3 is 0 Å². The molecule has 2 aliphatic heterocycles. The van der Waals surface area contributed by atoms with Gasteiger partial charge in [-0.15, -0.1) is 0 Å². The van der Waals surface area contributed by atoms with Crippen LogP contribution in [0.25, 0.3) is 22.4 Å². The van der Waals surface area contributed by atoms with E-state index in [2.05, 4.69) is 25.2 Å². The monoisotopic (exact) mass is 610 g/mol. The fourth-order valence-electron chi connectivity index (χ4n) is 5.42. The van der Waals surface area contributed by atoms with Crippen LogP contribution < -0.4 is 15.6 Å². The van der Waals surface area contributed by atoms with Gasteiger partial charge in [-0.3, -0.25) is 19.3 Å². The van der Waals surface area contributed by atoms with Crippen molar-refractivity contribution < 1.29 is 19.4 Å². The van der Waals surface area contributed by atoms with Gasteiger partial charge in [0.05, 0.1) is 27.8 Å². The number of halogens is 2. The van der Waals surface area contributed by atoms with Gasteiger partial charge in [-0.2, -0.15) is 0 Å². The van der Waals surface area contributed by atoms with Gasteiger partial charge < -0.3 is 30.0 Å². The van der Waals surface area contributed by atoms with Crippen molar-refractivity contribution in [1.29, 1.82) is 0 Å². The summed E-state index contributed by atoms with van der Waals surface area (Å²) >= 11 is 12.0. The number of fused-ring (bicyclic) bond motifs is 2. The van der Waals surface area contributed by atoms with Crippen LogP contribution in [0.1, 0.15) is 33.6 Å². The smallest absolute Gasteiger partial charge is 0.261 e. The Morgan fingerprint density at radius 1 is 1.07 bits per heavy atom. The number of nitrogens with one attached hydrogen (secondary N) is 3. The highest BCUT2D eigenvalue weighted by Gasteiger charge is 2.41. The van der Waals surface area contributed by atoms with Crippen LogP contribution in [0.4, 0.5) is 5.69 Å². The number of hydrogen-bond acceptors (Lipinski definition) is 8. The molecule has 218 valence electrons. The summed E-state index contributed by atoms with van der Waals surface area (Å²) in [7, 11) is 2.03. The molecule has 0 bridgehead atoms. The van der Waals surface area contributed by atoms with E-state index in [9.17, 15) is 19.5 Å². The molecule has 4 N–H and O–H groups in total. The molecule has 0 aliphatic carbocycles. The van der Waals surface area contributed by atoms with Gasteiger partial charge in [-0.05, 0) is 69.4 Å². The second-order valence-corrected chi connectivity index (χ2v) is 11.4. The van der Waals surface area contributed by atoms with Gasteiger partial charge in [-0.1, -0.05) is 23.2 Å². The van der Waals surface area contributed by atoms with E-state index in [0.717, 1.165) is 25.9 Å². The van der Waals surface area contributed by atoms with E-state index in [-0.39, 0.29) is 42.4 Å². The molecule has 1 atom stereocenters. The van der Waals surface area contributed by atoms with E-state index in [0.29, 0.717) is 43.6 Å². The summed E-state index contributed by atoms with van der Waals surface area (Å²) in [4.78, 5) is 53.4. The normalized spacial score (nSPS) is 16.7. The van der Waals surface area contributed by atoms with E-state index in [4.69, 9.17) is 27.9 Å². The zero-order valence-corrected chi connectivity index (χ0v) is 24.1. The number of aliphatic hydroxyl groups excluding tert-OH is 1. The number of aromatic amines is 2. The van der Waals surface area contributed by atoms with E-state index >= 15 is 0 Å². The molecule has 2 aliphatic rings. The zero-order valence-electron chi connectivity index (χ0n) is 22.6.